The van der Waals surface area contributed by atoms with Crippen LogP contribution in [0.25, 0.3) is 0 Å². The lowest BCUT2D eigenvalue weighted by Gasteiger charge is -2.16. The van der Waals surface area contributed by atoms with Gasteiger partial charge in [-0.1, -0.05) is 38.8 Å². The van der Waals surface area contributed by atoms with Gasteiger partial charge < -0.3 is 5.32 Å². The van der Waals surface area contributed by atoms with E-state index in [0.29, 0.717) is 6.04 Å². The van der Waals surface area contributed by atoms with E-state index in [1.54, 1.807) is 0 Å². The number of rotatable bonds is 7. The average Bonchev–Trinajstić information content (AvgIpc) is 2.32. The second-order valence-corrected chi connectivity index (χ2v) is 5.32. The highest BCUT2D eigenvalue weighted by molar-refractivity contribution is 7.99. The van der Waals surface area contributed by atoms with Crippen LogP contribution >= 0.6 is 11.8 Å². The number of benzene rings is 1. The van der Waals surface area contributed by atoms with Gasteiger partial charge in [-0.15, -0.1) is 11.8 Å². The minimum atomic E-state index is 0.514. The summed E-state index contributed by atoms with van der Waals surface area (Å²) in [5.74, 6) is 1.14. The Bertz CT molecular complexity index is 281. The molecule has 1 rings (SSSR count). The monoisotopic (exact) mass is 237 g/mol. The molecule has 0 saturated carbocycles. The third kappa shape index (κ3) is 4.18. The Kier molecular flexibility index (Phi) is 6.58. The van der Waals surface area contributed by atoms with E-state index in [-0.39, 0.29) is 0 Å². The first-order chi connectivity index (χ1) is 7.81. The number of hydrogen-bond acceptors (Lipinski definition) is 2. The Hall–Kier alpha value is -0.470. The second-order valence-electron chi connectivity index (χ2n) is 3.99. The summed E-state index contributed by atoms with van der Waals surface area (Å²) in [6.45, 7) is 4.43. The van der Waals surface area contributed by atoms with Crippen molar-refractivity contribution in [3.8, 4) is 0 Å². The van der Waals surface area contributed by atoms with Crippen molar-refractivity contribution in [2.45, 2.75) is 44.0 Å². The maximum absolute atomic E-state index is 3.40. The van der Waals surface area contributed by atoms with Crippen molar-refractivity contribution in [2.24, 2.45) is 0 Å². The Labute approximate surface area is 104 Å². The fourth-order valence-electron chi connectivity index (χ4n) is 1.85. The van der Waals surface area contributed by atoms with Gasteiger partial charge in [0.2, 0.25) is 0 Å². The van der Waals surface area contributed by atoms with E-state index in [4.69, 9.17) is 0 Å². The van der Waals surface area contributed by atoms with E-state index < -0.39 is 0 Å². The summed E-state index contributed by atoms with van der Waals surface area (Å²) in [4.78, 5) is 1.37. The summed E-state index contributed by atoms with van der Waals surface area (Å²) in [6, 6.07) is 9.50. The largest absolute Gasteiger partial charge is 0.313 e. The quantitative estimate of drug-likeness (QED) is 0.712. The minimum Gasteiger partial charge on any atom is -0.313 e. The van der Waals surface area contributed by atoms with Gasteiger partial charge in [-0.3, -0.25) is 0 Å². The lowest BCUT2D eigenvalue weighted by Crippen LogP contribution is -2.16. The highest BCUT2D eigenvalue weighted by Gasteiger charge is 2.07. The first-order valence-electron chi connectivity index (χ1n) is 6.21. The van der Waals surface area contributed by atoms with Crippen molar-refractivity contribution in [1.82, 2.24) is 5.32 Å². The molecule has 2 heteroatoms. The van der Waals surface area contributed by atoms with Crippen LogP contribution in [0.5, 0.6) is 0 Å². The van der Waals surface area contributed by atoms with Crippen molar-refractivity contribution in [3.63, 3.8) is 0 Å². The van der Waals surface area contributed by atoms with Crippen LogP contribution in [0.3, 0.4) is 0 Å². The number of unbranched alkanes of at least 4 members (excludes halogenated alkanes) is 1. The van der Waals surface area contributed by atoms with Crippen LogP contribution in [0.2, 0.25) is 0 Å². The average molecular weight is 237 g/mol. The first kappa shape index (κ1) is 13.6. The summed E-state index contributed by atoms with van der Waals surface area (Å²) >= 11 is 1.90. The zero-order valence-electron chi connectivity index (χ0n) is 10.6. The fraction of sp³-hybridized carbons (Fsp3) is 0.571. The molecule has 0 radical (unpaired) electrons. The molecule has 0 bridgehead atoms. The standard InChI is InChI=1S/C14H23NS/c1-4-6-7-14(15-3)12-8-10-13(11-9-12)16-5-2/h8-11,14-15H,4-7H2,1-3H3. The molecule has 16 heavy (non-hydrogen) atoms. The van der Waals surface area contributed by atoms with Gasteiger partial charge in [-0.25, -0.2) is 0 Å². The molecule has 1 aromatic carbocycles. The van der Waals surface area contributed by atoms with Gasteiger partial charge in [-0.05, 0) is 36.9 Å². The van der Waals surface area contributed by atoms with Gasteiger partial charge >= 0.3 is 0 Å². The molecule has 1 aromatic rings. The summed E-state index contributed by atoms with van der Waals surface area (Å²) in [5, 5.41) is 3.40. The minimum absolute atomic E-state index is 0.514. The van der Waals surface area contributed by atoms with Gasteiger partial charge in [0, 0.05) is 10.9 Å². The molecule has 1 atom stereocenters. The van der Waals surface area contributed by atoms with Crippen LogP contribution in [0.15, 0.2) is 29.2 Å². The smallest absolute Gasteiger partial charge is 0.0317 e. The molecule has 1 N–H and O–H groups in total. The zero-order valence-corrected chi connectivity index (χ0v) is 11.4. The molecular weight excluding hydrogens is 214 g/mol. The van der Waals surface area contributed by atoms with Crippen LogP contribution in [0.4, 0.5) is 0 Å². The fourth-order valence-corrected chi connectivity index (χ4v) is 2.51. The molecular formula is C14H23NS. The molecule has 0 heterocycles. The Balaban J connectivity index is 2.62. The van der Waals surface area contributed by atoms with Gasteiger partial charge in [0.1, 0.15) is 0 Å². The normalized spacial score (nSPS) is 12.7. The van der Waals surface area contributed by atoms with Crippen LogP contribution in [0, 0.1) is 0 Å². The molecule has 0 aliphatic rings. The third-order valence-corrected chi connectivity index (χ3v) is 3.68. The second kappa shape index (κ2) is 7.75. The molecule has 1 unspecified atom stereocenters. The van der Waals surface area contributed by atoms with Gasteiger partial charge in [0.25, 0.3) is 0 Å². The summed E-state index contributed by atoms with van der Waals surface area (Å²) in [6.07, 6.45) is 3.78. The van der Waals surface area contributed by atoms with Crippen molar-refractivity contribution in [2.75, 3.05) is 12.8 Å². The van der Waals surface area contributed by atoms with Crippen molar-refractivity contribution in [3.05, 3.63) is 29.8 Å². The molecule has 0 saturated heterocycles. The van der Waals surface area contributed by atoms with Crippen molar-refractivity contribution >= 4 is 11.8 Å². The van der Waals surface area contributed by atoms with E-state index in [2.05, 4.69) is 50.5 Å². The van der Waals surface area contributed by atoms with E-state index in [1.807, 2.05) is 11.8 Å². The predicted octanol–water partition coefficient (Wildman–Crippen LogP) is 4.25. The molecule has 90 valence electrons. The SMILES string of the molecule is CCCCC(NC)c1ccc(SCC)cc1. The lowest BCUT2D eigenvalue weighted by molar-refractivity contribution is 0.522. The summed E-state index contributed by atoms with van der Waals surface area (Å²) < 4.78 is 0. The highest BCUT2D eigenvalue weighted by atomic mass is 32.2. The summed E-state index contributed by atoms with van der Waals surface area (Å²) in [7, 11) is 2.05. The van der Waals surface area contributed by atoms with Gasteiger partial charge in [-0.2, -0.15) is 0 Å². The number of hydrogen-bond donors (Lipinski definition) is 1. The maximum atomic E-state index is 3.40. The number of nitrogens with one attached hydrogen (secondary N) is 1. The lowest BCUT2D eigenvalue weighted by atomic mass is 10.0. The topological polar surface area (TPSA) is 12.0 Å². The predicted molar refractivity (Wildman–Crippen MR) is 74.2 cm³/mol. The van der Waals surface area contributed by atoms with Crippen LogP contribution in [0.1, 0.15) is 44.7 Å². The molecule has 0 fully saturated rings. The Morgan fingerprint density at radius 3 is 2.38 bits per heavy atom. The van der Waals surface area contributed by atoms with E-state index in [9.17, 15) is 0 Å². The van der Waals surface area contributed by atoms with E-state index in [1.165, 1.54) is 29.7 Å². The molecule has 0 aromatic heterocycles. The zero-order chi connectivity index (χ0) is 11.8. The third-order valence-electron chi connectivity index (χ3n) is 2.79. The van der Waals surface area contributed by atoms with Crippen molar-refractivity contribution in [1.29, 1.82) is 0 Å². The van der Waals surface area contributed by atoms with Crippen LogP contribution < -0.4 is 5.32 Å². The van der Waals surface area contributed by atoms with Gasteiger partial charge in [0.15, 0.2) is 0 Å². The molecule has 0 amide bonds. The van der Waals surface area contributed by atoms with Crippen molar-refractivity contribution < 1.29 is 0 Å². The van der Waals surface area contributed by atoms with E-state index >= 15 is 0 Å². The van der Waals surface area contributed by atoms with Crippen LogP contribution in [-0.4, -0.2) is 12.8 Å². The Morgan fingerprint density at radius 2 is 1.88 bits per heavy atom. The maximum Gasteiger partial charge on any atom is 0.0317 e. The molecule has 0 aliphatic carbocycles. The van der Waals surface area contributed by atoms with E-state index in [0.717, 1.165) is 5.75 Å². The highest BCUT2D eigenvalue weighted by Crippen LogP contribution is 2.23. The first-order valence-corrected chi connectivity index (χ1v) is 7.20. The molecule has 1 nitrogen and oxygen atoms in total. The number of thioether (sulfide) groups is 1. The molecule has 0 spiro atoms. The Morgan fingerprint density at radius 1 is 1.19 bits per heavy atom. The van der Waals surface area contributed by atoms with Crippen LogP contribution in [-0.2, 0) is 0 Å². The van der Waals surface area contributed by atoms with Gasteiger partial charge in [0.05, 0.1) is 0 Å². The molecule has 0 aliphatic heterocycles. The summed E-state index contributed by atoms with van der Waals surface area (Å²) in [5.41, 5.74) is 1.41.